The van der Waals surface area contributed by atoms with Crippen LogP contribution in [0.15, 0.2) is 47.4 Å². The van der Waals surface area contributed by atoms with Crippen molar-refractivity contribution in [2.24, 2.45) is 0 Å². The lowest BCUT2D eigenvalue weighted by molar-refractivity contribution is -0.121. The fourth-order valence-corrected chi connectivity index (χ4v) is 4.74. The fraction of sp³-hybridized carbons (Fsp3) is 0.333. The van der Waals surface area contributed by atoms with Gasteiger partial charge in [-0.3, -0.25) is 9.59 Å². The van der Waals surface area contributed by atoms with Crippen molar-refractivity contribution in [2.75, 3.05) is 11.4 Å². The van der Waals surface area contributed by atoms with Crippen molar-refractivity contribution in [2.45, 2.75) is 44.2 Å². The number of carbonyl (C=O) groups excluding carboxylic acids is 2. The zero-order valence-electron chi connectivity index (χ0n) is 16.8. The molecule has 30 heavy (non-hydrogen) atoms. The molecular formula is C21H24ClN3O4S. The van der Waals surface area contributed by atoms with Crippen molar-refractivity contribution in [3.63, 3.8) is 0 Å². The predicted octanol–water partition coefficient (Wildman–Crippen LogP) is 2.62. The molecule has 0 aromatic heterocycles. The van der Waals surface area contributed by atoms with E-state index in [1.54, 1.807) is 29.2 Å². The van der Waals surface area contributed by atoms with Gasteiger partial charge in [0.05, 0.1) is 4.90 Å². The predicted molar refractivity (Wildman–Crippen MR) is 116 cm³/mol. The Labute approximate surface area is 181 Å². The number of amides is 2. The van der Waals surface area contributed by atoms with Gasteiger partial charge < -0.3 is 10.2 Å². The van der Waals surface area contributed by atoms with Crippen molar-refractivity contribution in [3.05, 3.63) is 58.6 Å². The van der Waals surface area contributed by atoms with E-state index in [4.69, 9.17) is 11.6 Å². The summed E-state index contributed by atoms with van der Waals surface area (Å²) in [5.74, 6) is -0.327. The molecule has 1 aliphatic heterocycles. The second-order valence-corrected chi connectivity index (χ2v) is 9.49. The zero-order chi connectivity index (χ0) is 21.9. The molecule has 1 heterocycles. The highest BCUT2D eigenvalue weighted by Gasteiger charge is 2.30. The van der Waals surface area contributed by atoms with Gasteiger partial charge in [-0.1, -0.05) is 23.7 Å². The van der Waals surface area contributed by atoms with Crippen LogP contribution in [0.25, 0.3) is 0 Å². The molecule has 1 atom stereocenters. The Hall–Kier alpha value is -2.42. The molecule has 2 aromatic rings. The highest BCUT2D eigenvalue weighted by Crippen LogP contribution is 2.33. The van der Waals surface area contributed by atoms with Crippen molar-refractivity contribution < 1.29 is 18.0 Å². The molecule has 2 amide bonds. The van der Waals surface area contributed by atoms with E-state index in [9.17, 15) is 18.0 Å². The maximum Gasteiger partial charge on any atom is 0.240 e. The number of halogens is 1. The molecule has 0 spiro atoms. The maximum absolute atomic E-state index is 12.6. The van der Waals surface area contributed by atoms with Crippen LogP contribution in [-0.4, -0.2) is 32.8 Å². The maximum atomic E-state index is 12.6. The van der Waals surface area contributed by atoms with Crippen LogP contribution < -0.4 is 14.9 Å². The molecule has 0 bridgehead atoms. The highest BCUT2D eigenvalue weighted by molar-refractivity contribution is 7.89. The number of fused-ring (bicyclic) bond motifs is 1. The molecule has 160 valence electrons. The monoisotopic (exact) mass is 449 g/mol. The topological polar surface area (TPSA) is 95.6 Å². The summed E-state index contributed by atoms with van der Waals surface area (Å²) in [7, 11) is -3.75. The highest BCUT2D eigenvalue weighted by atomic mass is 35.5. The molecule has 2 aromatic carbocycles. The third-order valence-corrected chi connectivity index (χ3v) is 6.67. The molecule has 0 aliphatic carbocycles. The number of hydrogen-bond acceptors (Lipinski definition) is 4. The molecule has 2 N–H and O–H groups in total. The van der Waals surface area contributed by atoms with Crippen LogP contribution in [0.4, 0.5) is 5.69 Å². The minimum atomic E-state index is -3.75. The zero-order valence-corrected chi connectivity index (χ0v) is 18.4. The van der Waals surface area contributed by atoms with Crippen molar-refractivity contribution >= 4 is 39.1 Å². The van der Waals surface area contributed by atoms with Gasteiger partial charge in [-0.05, 0) is 54.8 Å². The number of anilines is 1. The van der Waals surface area contributed by atoms with Crippen LogP contribution in [-0.2, 0) is 32.6 Å². The number of sulfonamides is 1. The number of hydrogen-bond donors (Lipinski definition) is 2. The van der Waals surface area contributed by atoms with E-state index < -0.39 is 10.0 Å². The number of nitrogens with zero attached hydrogens (tertiary/aromatic N) is 1. The Morgan fingerprint density at radius 1 is 1.17 bits per heavy atom. The summed E-state index contributed by atoms with van der Waals surface area (Å²) >= 11 is 5.83. The third kappa shape index (κ3) is 5.19. The third-order valence-electron chi connectivity index (χ3n) is 4.96. The Morgan fingerprint density at radius 3 is 2.53 bits per heavy atom. The van der Waals surface area contributed by atoms with E-state index in [1.807, 2.05) is 19.1 Å². The van der Waals surface area contributed by atoms with Gasteiger partial charge in [-0.2, -0.15) is 0 Å². The van der Waals surface area contributed by atoms with Gasteiger partial charge in [0, 0.05) is 43.2 Å². The largest absolute Gasteiger partial charge is 0.352 e. The van der Waals surface area contributed by atoms with E-state index in [1.165, 1.54) is 13.0 Å². The van der Waals surface area contributed by atoms with Gasteiger partial charge in [0.1, 0.15) is 0 Å². The lowest BCUT2D eigenvalue weighted by Crippen LogP contribution is -2.33. The molecule has 0 radical (unpaired) electrons. The molecule has 0 saturated carbocycles. The van der Waals surface area contributed by atoms with Gasteiger partial charge in [0.15, 0.2) is 0 Å². The van der Waals surface area contributed by atoms with E-state index in [2.05, 4.69) is 10.0 Å². The molecule has 9 heteroatoms. The van der Waals surface area contributed by atoms with Gasteiger partial charge in [0.2, 0.25) is 21.8 Å². The average Bonchev–Trinajstić information content (AvgIpc) is 3.02. The fourth-order valence-electron chi connectivity index (χ4n) is 3.53. The van der Waals surface area contributed by atoms with Gasteiger partial charge in [-0.15, -0.1) is 0 Å². The van der Waals surface area contributed by atoms with E-state index in [0.717, 1.165) is 16.8 Å². The number of rotatable bonds is 7. The molecule has 7 nitrogen and oxygen atoms in total. The van der Waals surface area contributed by atoms with Crippen molar-refractivity contribution in [3.8, 4) is 0 Å². The van der Waals surface area contributed by atoms with Crippen molar-refractivity contribution in [1.82, 2.24) is 10.0 Å². The molecule has 1 aliphatic rings. The summed E-state index contributed by atoms with van der Waals surface area (Å²) in [4.78, 5) is 25.6. The lowest BCUT2D eigenvalue weighted by atomic mass is 10.1. The molecule has 3 rings (SSSR count). The molecular weight excluding hydrogens is 426 g/mol. The Kier molecular flexibility index (Phi) is 6.80. The first kappa shape index (κ1) is 22.3. The Bertz CT molecular complexity index is 1050. The van der Waals surface area contributed by atoms with Crippen LogP contribution in [0.2, 0.25) is 5.02 Å². The van der Waals surface area contributed by atoms with Gasteiger partial charge in [-0.25, -0.2) is 13.1 Å². The number of nitrogens with one attached hydrogen (secondary N) is 2. The summed E-state index contributed by atoms with van der Waals surface area (Å²) in [6.45, 7) is 3.76. The summed E-state index contributed by atoms with van der Waals surface area (Å²) < 4.78 is 27.6. The standard InChI is InChI=1S/C21H24ClN3O4S/c1-14-11-17-12-19(7-8-20(17)25(14)15(2)26)30(28,29)24-10-9-21(27)23-13-16-3-5-18(22)6-4-16/h3-8,12,14,24H,9-11,13H2,1-2H3,(H,23,27)/t14-/m1/s1. The van der Waals surface area contributed by atoms with Crippen molar-refractivity contribution in [1.29, 1.82) is 0 Å². The Balaban J connectivity index is 1.54. The molecule has 0 unspecified atom stereocenters. The van der Waals surface area contributed by atoms with Gasteiger partial charge >= 0.3 is 0 Å². The lowest BCUT2D eigenvalue weighted by Gasteiger charge is -2.20. The minimum Gasteiger partial charge on any atom is -0.352 e. The normalized spacial score (nSPS) is 15.7. The van der Waals surface area contributed by atoms with Crippen LogP contribution in [0.3, 0.4) is 0 Å². The summed E-state index contributed by atoms with van der Waals surface area (Å²) in [6.07, 6.45) is 0.623. The summed E-state index contributed by atoms with van der Waals surface area (Å²) in [6, 6.07) is 11.8. The van der Waals surface area contributed by atoms with E-state index in [-0.39, 0.29) is 35.7 Å². The number of benzene rings is 2. The summed E-state index contributed by atoms with van der Waals surface area (Å²) in [5.41, 5.74) is 2.47. The second kappa shape index (κ2) is 9.16. The number of carbonyl (C=O) groups is 2. The first-order valence-corrected chi connectivity index (χ1v) is 11.5. The van der Waals surface area contributed by atoms with Crippen LogP contribution in [0.5, 0.6) is 0 Å². The first-order chi connectivity index (χ1) is 14.2. The molecule has 0 saturated heterocycles. The smallest absolute Gasteiger partial charge is 0.240 e. The molecule has 0 fully saturated rings. The van der Waals surface area contributed by atoms with Crippen LogP contribution in [0.1, 0.15) is 31.4 Å². The van der Waals surface area contributed by atoms with Crippen LogP contribution in [0, 0.1) is 0 Å². The van der Waals surface area contributed by atoms with Crippen LogP contribution >= 0.6 is 11.6 Å². The van der Waals surface area contributed by atoms with E-state index in [0.29, 0.717) is 18.0 Å². The second-order valence-electron chi connectivity index (χ2n) is 7.28. The van der Waals surface area contributed by atoms with E-state index >= 15 is 0 Å². The Morgan fingerprint density at radius 2 is 1.87 bits per heavy atom. The summed E-state index contributed by atoms with van der Waals surface area (Å²) in [5, 5.41) is 3.36. The first-order valence-electron chi connectivity index (χ1n) is 9.61. The average molecular weight is 450 g/mol. The van der Waals surface area contributed by atoms with Gasteiger partial charge in [0.25, 0.3) is 0 Å². The minimum absolute atomic E-state index is 0.00671. The SMILES string of the molecule is CC(=O)N1c2ccc(S(=O)(=O)NCCC(=O)NCc3ccc(Cl)cc3)cc2C[C@H]1C. The quantitative estimate of drug-likeness (QED) is 0.679.